The van der Waals surface area contributed by atoms with Gasteiger partial charge in [-0.25, -0.2) is 4.18 Å². The molecule has 0 rings (SSSR count). The van der Waals surface area contributed by atoms with Crippen LogP contribution in [0.5, 0.6) is 0 Å². The Morgan fingerprint density at radius 1 is 0.308 bits per heavy atom. The fraction of sp³-hybridized carbons (Fsp3) is 1.00. The van der Waals surface area contributed by atoms with E-state index in [1.165, 1.54) is 0 Å². The second-order valence-electron chi connectivity index (χ2n) is 18.2. The Labute approximate surface area is 395 Å². The van der Waals surface area contributed by atoms with Crippen LogP contribution < -0.4 is 0 Å². The first-order valence-corrected chi connectivity index (χ1v) is 29.0. The highest BCUT2D eigenvalue weighted by Gasteiger charge is 2.42. The molecule has 0 spiro atoms. The lowest BCUT2D eigenvalue weighted by Gasteiger charge is -2.37. The van der Waals surface area contributed by atoms with Gasteiger partial charge in [0.2, 0.25) is 0 Å². The summed E-state index contributed by atoms with van der Waals surface area (Å²) in [6.07, 6.45) is 18.3. The summed E-state index contributed by atoms with van der Waals surface area (Å²) in [6.45, 7) is 9.19. The molecule has 0 bridgehead atoms. The molecule has 0 unspecified atom stereocenters. The molecule has 392 valence electrons. The van der Waals surface area contributed by atoms with E-state index < -0.39 is 65.0 Å². The minimum Gasteiger partial charge on any atom is -0.381 e. The maximum Gasteiger partial charge on any atom is 0.397 e. The van der Waals surface area contributed by atoms with Crippen LogP contribution in [-0.4, -0.2) is 150 Å². The molecule has 0 aliphatic rings. The lowest BCUT2D eigenvalue weighted by molar-refractivity contribution is -0.129. The molecule has 0 saturated heterocycles. The molecule has 0 amide bonds. The number of hydrogen-bond acceptors (Lipinski definition) is 14. The number of ether oxygens (including phenoxy) is 7. The van der Waals surface area contributed by atoms with Gasteiger partial charge >= 0.3 is 10.4 Å². The minimum atomic E-state index is -5.01. The zero-order chi connectivity index (χ0) is 48.8. The maximum absolute atomic E-state index is 12.6. The third-order valence-corrected chi connectivity index (χ3v) is 13.2. The van der Waals surface area contributed by atoms with Crippen LogP contribution in [0.1, 0.15) is 163 Å². The Morgan fingerprint density at radius 3 is 0.769 bits per heavy atom. The topological polar surface area (TPSA) is 237 Å². The van der Waals surface area contributed by atoms with Crippen molar-refractivity contribution in [2.45, 2.75) is 163 Å². The van der Waals surface area contributed by atoms with Crippen molar-refractivity contribution in [3.8, 4) is 0 Å². The van der Waals surface area contributed by atoms with E-state index in [1.807, 2.05) is 0 Å². The van der Waals surface area contributed by atoms with E-state index >= 15 is 0 Å². The van der Waals surface area contributed by atoms with Gasteiger partial charge in [0, 0.05) is 33.0 Å². The second kappa shape index (κ2) is 38.2. The van der Waals surface area contributed by atoms with E-state index in [0.717, 1.165) is 122 Å². The van der Waals surface area contributed by atoms with Crippen LogP contribution in [0.25, 0.3) is 0 Å². The highest BCUT2D eigenvalue weighted by molar-refractivity contribution is 7.86. The average molecular weight is 1000 g/mol. The van der Waals surface area contributed by atoms with Gasteiger partial charge in [0.25, 0.3) is 20.2 Å². The summed E-state index contributed by atoms with van der Waals surface area (Å²) in [6, 6.07) is 0. The van der Waals surface area contributed by atoms with Gasteiger partial charge in [-0.3, -0.25) is 13.7 Å². The van der Waals surface area contributed by atoms with Crippen LogP contribution in [0.4, 0.5) is 0 Å². The Morgan fingerprint density at radius 2 is 0.538 bits per heavy atom. The van der Waals surface area contributed by atoms with Crippen molar-refractivity contribution in [3.63, 3.8) is 0 Å². The zero-order valence-electron chi connectivity index (χ0n) is 40.9. The molecule has 0 fully saturated rings. The molecular formula is C45H92O17S3. The Hall–Kier alpha value is -0.590. The molecule has 0 aromatic heterocycles. The van der Waals surface area contributed by atoms with E-state index in [9.17, 15) is 38.9 Å². The van der Waals surface area contributed by atoms with Crippen LogP contribution in [0.2, 0.25) is 0 Å². The molecule has 65 heavy (non-hydrogen) atoms. The van der Waals surface area contributed by atoms with Gasteiger partial charge in [-0.2, -0.15) is 25.3 Å². The predicted molar refractivity (Wildman–Crippen MR) is 254 cm³/mol. The van der Waals surface area contributed by atoms with Crippen molar-refractivity contribution in [3.05, 3.63) is 0 Å². The quantitative estimate of drug-likeness (QED) is 0.0382. The van der Waals surface area contributed by atoms with Gasteiger partial charge in [-0.05, 0) is 32.1 Å². The van der Waals surface area contributed by atoms with Crippen molar-refractivity contribution in [1.29, 1.82) is 0 Å². The summed E-state index contributed by atoms with van der Waals surface area (Å²) in [5.41, 5.74) is -4.29. The van der Waals surface area contributed by atoms with Gasteiger partial charge in [-0.1, -0.05) is 131 Å². The molecule has 0 heterocycles. The SMILES string of the molecule is CCCCCCOCC(COCC(COCCCCCC)(COCCCCCC)CS(=O)(=O)O)(COCC(COCCCCCC)(COCCCCCC)CS(=O)(=O)O)COS(=O)(=O)O. The summed E-state index contributed by atoms with van der Waals surface area (Å²) in [5, 5.41) is 0. The van der Waals surface area contributed by atoms with Crippen molar-refractivity contribution >= 4 is 30.6 Å². The van der Waals surface area contributed by atoms with Gasteiger partial charge in [0.1, 0.15) is 0 Å². The van der Waals surface area contributed by atoms with Crippen LogP contribution in [0, 0.1) is 16.2 Å². The summed E-state index contributed by atoms with van der Waals surface area (Å²) in [4.78, 5) is 0. The van der Waals surface area contributed by atoms with E-state index in [1.54, 1.807) is 0 Å². The smallest absolute Gasteiger partial charge is 0.381 e. The van der Waals surface area contributed by atoms with Crippen molar-refractivity contribution in [2.75, 3.05) is 111 Å². The molecule has 0 saturated carbocycles. The van der Waals surface area contributed by atoms with Crippen molar-refractivity contribution in [2.24, 2.45) is 16.2 Å². The van der Waals surface area contributed by atoms with E-state index in [-0.39, 0.29) is 66.1 Å². The Bertz CT molecular complexity index is 1330. The zero-order valence-corrected chi connectivity index (χ0v) is 43.4. The lowest BCUT2D eigenvalue weighted by atomic mass is 9.90. The molecule has 0 aromatic carbocycles. The van der Waals surface area contributed by atoms with E-state index in [2.05, 4.69) is 34.6 Å². The number of rotatable bonds is 50. The summed E-state index contributed by atoms with van der Waals surface area (Å²) >= 11 is 0. The fourth-order valence-corrected chi connectivity index (χ4v) is 9.74. The summed E-state index contributed by atoms with van der Waals surface area (Å²) < 4.78 is 153. The molecule has 0 atom stereocenters. The summed E-state index contributed by atoms with van der Waals surface area (Å²) in [5.74, 6) is -1.50. The molecule has 17 nitrogen and oxygen atoms in total. The third kappa shape index (κ3) is 37.9. The normalized spacial score (nSPS) is 13.3. The van der Waals surface area contributed by atoms with Gasteiger partial charge in [0.05, 0.1) is 93.8 Å². The summed E-state index contributed by atoms with van der Waals surface area (Å²) in [7, 11) is -14.2. The molecule has 0 radical (unpaired) electrons. The van der Waals surface area contributed by atoms with Crippen LogP contribution >= 0.6 is 0 Å². The molecular weight excluding hydrogens is 909 g/mol. The van der Waals surface area contributed by atoms with Crippen molar-refractivity contribution in [1.82, 2.24) is 0 Å². The first-order valence-electron chi connectivity index (χ1n) is 24.4. The van der Waals surface area contributed by atoms with Gasteiger partial charge in [-0.15, -0.1) is 0 Å². The van der Waals surface area contributed by atoms with Gasteiger partial charge in [0.15, 0.2) is 0 Å². The monoisotopic (exact) mass is 1000 g/mol. The highest BCUT2D eigenvalue weighted by atomic mass is 32.3. The van der Waals surface area contributed by atoms with Crippen LogP contribution in [0.15, 0.2) is 0 Å². The van der Waals surface area contributed by atoms with Gasteiger partial charge < -0.3 is 33.2 Å². The first-order chi connectivity index (χ1) is 30.8. The van der Waals surface area contributed by atoms with E-state index in [0.29, 0.717) is 32.8 Å². The molecule has 3 N–H and O–H groups in total. The Balaban J connectivity index is 6.93. The molecule has 20 heteroatoms. The van der Waals surface area contributed by atoms with Crippen LogP contribution in [-0.2, 0) is 68.0 Å². The average Bonchev–Trinajstić information content (AvgIpc) is 3.22. The number of unbranched alkanes of at least 4 members (excludes halogenated alkanes) is 15. The molecule has 0 aliphatic heterocycles. The van der Waals surface area contributed by atoms with Crippen LogP contribution in [0.3, 0.4) is 0 Å². The largest absolute Gasteiger partial charge is 0.397 e. The standard InChI is InChI=1S/C45H92O17S3/c1-6-11-16-21-26-55-31-43(40-62-65(52,53)54,32-60-38-44(41-63(46,47)48,34-56-27-22-17-12-7-2)35-57-28-23-18-13-8-3)33-61-39-45(42-64(49,50)51,36-58-29-24-19-14-9-4)37-59-30-25-20-15-10-5/h6-42H2,1-5H3,(H,46,47,48)(H,49,50,51)(H,52,53,54). The lowest BCUT2D eigenvalue weighted by Crippen LogP contribution is -2.48. The third-order valence-electron chi connectivity index (χ3n) is 10.9. The van der Waals surface area contributed by atoms with Crippen molar-refractivity contribution < 1.29 is 76.3 Å². The first kappa shape index (κ1) is 64.4. The molecule has 0 aliphatic carbocycles. The molecule has 0 aromatic rings. The predicted octanol–water partition coefficient (Wildman–Crippen LogP) is 8.56. The maximum atomic E-state index is 12.6. The second-order valence-corrected chi connectivity index (χ2v) is 22.2. The Kier molecular flexibility index (Phi) is 37.9. The highest BCUT2D eigenvalue weighted by Crippen LogP contribution is 2.29. The van der Waals surface area contributed by atoms with E-state index in [4.69, 9.17) is 37.3 Å². The fourth-order valence-electron chi connectivity index (χ4n) is 7.29. The number of hydrogen-bond donors (Lipinski definition) is 3. The minimum absolute atomic E-state index is 0.137.